The second-order valence-corrected chi connectivity index (χ2v) is 7.44. The molecular weight excluding hydrogens is 385 g/mol. The number of methoxy groups -OCH3 is 1. The van der Waals surface area contributed by atoms with Crippen molar-refractivity contribution >= 4 is 22.7 Å². The molecule has 156 valence electrons. The molecule has 0 radical (unpaired) electrons. The van der Waals surface area contributed by atoms with Crippen molar-refractivity contribution in [2.75, 3.05) is 33.3 Å². The van der Waals surface area contributed by atoms with Crippen molar-refractivity contribution in [3.8, 4) is 5.75 Å². The molecule has 1 fully saturated rings. The van der Waals surface area contributed by atoms with Gasteiger partial charge >= 0.3 is 0 Å². The quantitative estimate of drug-likeness (QED) is 0.704. The summed E-state index contributed by atoms with van der Waals surface area (Å²) < 4.78 is 18.5. The number of fused-ring (bicyclic) bond motifs is 1. The average Bonchev–Trinajstić information content (AvgIpc) is 3.20. The van der Waals surface area contributed by atoms with E-state index in [9.17, 15) is 14.0 Å². The van der Waals surface area contributed by atoms with Crippen molar-refractivity contribution < 1.29 is 18.7 Å². The molecule has 7 heteroatoms. The molecule has 2 amide bonds. The molecule has 30 heavy (non-hydrogen) atoms. The molecule has 0 saturated carbocycles. The number of nitrogens with zero attached hydrogens (tertiary/aromatic N) is 2. The number of H-pyrrole nitrogens is 1. The lowest BCUT2D eigenvalue weighted by Gasteiger charge is -2.34. The molecule has 0 unspecified atom stereocenters. The number of carbonyl (C=O) groups excluding carboxylic acids is 2. The summed E-state index contributed by atoms with van der Waals surface area (Å²) in [6.45, 7) is 2.00. The zero-order valence-corrected chi connectivity index (χ0v) is 16.9. The predicted octanol–water partition coefficient (Wildman–Crippen LogP) is 3.23. The van der Waals surface area contributed by atoms with Crippen molar-refractivity contribution in [1.29, 1.82) is 0 Å². The molecule has 1 saturated heterocycles. The van der Waals surface area contributed by atoms with Gasteiger partial charge in [0.2, 0.25) is 5.91 Å². The molecule has 0 spiro atoms. The Morgan fingerprint density at radius 2 is 1.70 bits per heavy atom. The van der Waals surface area contributed by atoms with Crippen LogP contribution in [-0.4, -0.2) is 59.9 Å². The number of rotatable bonds is 5. The Hall–Kier alpha value is -3.35. The van der Waals surface area contributed by atoms with Gasteiger partial charge in [0.25, 0.3) is 5.91 Å². The molecule has 1 aliphatic heterocycles. The van der Waals surface area contributed by atoms with E-state index in [1.165, 1.54) is 12.1 Å². The Morgan fingerprint density at radius 1 is 1.00 bits per heavy atom. The number of carbonyl (C=O) groups is 2. The minimum atomic E-state index is -0.331. The monoisotopic (exact) mass is 409 g/mol. The van der Waals surface area contributed by atoms with Crippen molar-refractivity contribution in [1.82, 2.24) is 14.8 Å². The zero-order valence-electron chi connectivity index (χ0n) is 16.9. The number of hydrogen-bond donors (Lipinski definition) is 1. The summed E-state index contributed by atoms with van der Waals surface area (Å²) in [5.74, 6) is 0.434. The Bertz CT molecular complexity index is 1050. The van der Waals surface area contributed by atoms with Crippen LogP contribution in [0.4, 0.5) is 4.39 Å². The first-order valence-corrected chi connectivity index (χ1v) is 10.0. The van der Waals surface area contributed by atoms with Gasteiger partial charge in [-0.2, -0.15) is 0 Å². The van der Waals surface area contributed by atoms with Gasteiger partial charge < -0.3 is 19.5 Å². The fourth-order valence-corrected chi connectivity index (χ4v) is 3.75. The van der Waals surface area contributed by atoms with Crippen molar-refractivity contribution in [3.63, 3.8) is 0 Å². The number of amides is 2. The number of nitrogens with one attached hydrogen (secondary N) is 1. The van der Waals surface area contributed by atoms with Gasteiger partial charge in [-0.1, -0.05) is 12.1 Å². The van der Waals surface area contributed by atoms with Gasteiger partial charge in [0.1, 0.15) is 17.3 Å². The van der Waals surface area contributed by atoms with E-state index >= 15 is 0 Å². The molecule has 2 heterocycles. The molecule has 1 aliphatic rings. The zero-order chi connectivity index (χ0) is 21.1. The minimum absolute atomic E-state index is 0.0963. The lowest BCUT2D eigenvalue weighted by molar-refractivity contribution is -0.132. The van der Waals surface area contributed by atoms with Crippen LogP contribution in [0.15, 0.2) is 48.5 Å². The number of ether oxygens (including phenoxy) is 1. The fraction of sp³-hybridized carbons (Fsp3) is 0.304. The van der Waals surface area contributed by atoms with Gasteiger partial charge in [0.15, 0.2) is 0 Å². The maximum atomic E-state index is 13.4. The second-order valence-electron chi connectivity index (χ2n) is 7.44. The summed E-state index contributed by atoms with van der Waals surface area (Å²) >= 11 is 0. The Morgan fingerprint density at radius 3 is 2.40 bits per heavy atom. The molecule has 6 nitrogen and oxygen atoms in total. The van der Waals surface area contributed by atoms with Crippen molar-refractivity contribution in [3.05, 3.63) is 65.6 Å². The van der Waals surface area contributed by atoms with Crippen LogP contribution in [0, 0.1) is 5.82 Å². The third-order valence-electron chi connectivity index (χ3n) is 5.52. The fourth-order valence-electron chi connectivity index (χ4n) is 3.75. The van der Waals surface area contributed by atoms with E-state index in [1.54, 1.807) is 24.1 Å². The molecule has 3 aromatic rings. The number of halogens is 1. The number of aromatic nitrogens is 1. The van der Waals surface area contributed by atoms with Crippen LogP contribution in [0.1, 0.15) is 22.5 Å². The molecule has 0 bridgehead atoms. The first-order valence-electron chi connectivity index (χ1n) is 10.0. The lowest BCUT2D eigenvalue weighted by atomic mass is 10.1. The maximum Gasteiger partial charge on any atom is 0.270 e. The van der Waals surface area contributed by atoms with E-state index in [4.69, 9.17) is 4.74 Å². The summed E-state index contributed by atoms with van der Waals surface area (Å²) in [7, 11) is 1.63. The summed E-state index contributed by atoms with van der Waals surface area (Å²) in [5.41, 5.74) is 2.26. The first-order chi connectivity index (χ1) is 14.5. The molecule has 4 rings (SSSR count). The molecule has 0 aliphatic carbocycles. The third kappa shape index (κ3) is 4.30. The van der Waals surface area contributed by atoms with E-state index in [2.05, 4.69) is 4.98 Å². The standard InChI is InChI=1S/C23H24FN3O3/c1-30-19-6-2-16(3-7-19)4-9-22(28)26-10-12-27(13-11-26)23(29)21-15-17-14-18(24)5-8-20(17)25-21/h2-3,5-8,14-15,25H,4,9-13H2,1H3. The van der Waals surface area contributed by atoms with Crippen LogP contribution >= 0.6 is 0 Å². The van der Waals surface area contributed by atoms with Crippen LogP contribution in [0.3, 0.4) is 0 Å². The Balaban J connectivity index is 1.30. The molecular formula is C23H24FN3O3. The van der Waals surface area contributed by atoms with E-state index < -0.39 is 0 Å². The van der Waals surface area contributed by atoms with Crippen LogP contribution in [0.5, 0.6) is 5.75 Å². The summed E-state index contributed by atoms with van der Waals surface area (Å²) in [5, 5.41) is 0.672. The largest absolute Gasteiger partial charge is 0.497 e. The molecule has 0 atom stereocenters. The van der Waals surface area contributed by atoms with Gasteiger partial charge in [-0.15, -0.1) is 0 Å². The van der Waals surface area contributed by atoms with Gasteiger partial charge in [0.05, 0.1) is 7.11 Å². The van der Waals surface area contributed by atoms with E-state index in [0.29, 0.717) is 50.1 Å². The van der Waals surface area contributed by atoms with Gasteiger partial charge in [-0.25, -0.2) is 4.39 Å². The smallest absolute Gasteiger partial charge is 0.270 e. The summed E-state index contributed by atoms with van der Waals surface area (Å²) in [4.78, 5) is 31.9. The van der Waals surface area contributed by atoms with Gasteiger partial charge in [-0.3, -0.25) is 9.59 Å². The second kappa shape index (κ2) is 8.57. The van der Waals surface area contributed by atoms with Crippen LogP contribution in [0.25, 0.3) is 10.9 Å². The predicted molar refractivity (Wildman–Crippen MR) is 112 cm³/mol. The highest BCUT2D eigenvalue weighted by atomic mass is 19.1. The van der Waals surface area contributed by atoms with Crippen LogP contribution < -0.4 is 4.74 Å². The number of hydrogen-bond acceptors (Lipinski definition) is 3. The van der Waals surface area contributed by atoms with Crippen LogP contribution in [-0.2, 0) is 11.2 Å². The molecule has 2 aromatic carbocycles. The summed E-state index contributed by atoms with van der Waals surface area (Å²) in [6, 6.07) is 13.8. The van der Waals surface area contributed by atoms with E-state index in [-0.39, 0.29) is 17.6 Å². The summed E-state index contributed by atoms with van der Waals surface area (Å²) in [6.07, 6.45) is 1.11. The number of piperazine rings is 1. The highest BCUT2D eigenvalue weighted by Crippen LogP contribution is 2.19. The SMILES string of the molecule is COc1ccc(CCC(=O)N2CCN(C(=O)c3cc4cc(F)ccc4[nH]3)CC2)cc1. The average molecular weight is 409 g/mol. The number of benzene rings is 2. The van der Waals surface area contributed by atoms with Crippen LogP contribution in [0.2, 0.25) is 0 Å². The van der Waals surface area contributed by atoms with E-state index in [0.717, 1.165) is 16.8 Å². The normalized spacial score (nSPS) is 14.2. The number of aromatic amines is 1. The highest BCUT2D eigenvalue weighted by Gasteiger charge is 2.25. The topological polar surface area (TPSA) is 65.6 Å². The van der Waals surface area contributed by atoms with Crippen molar-refractivity contribution in [2.24, 2.45) is 0 Å². The Kier molecular flexibility index (Phi) is 5.70. The number of aryl methyl sites for hydroxylation is 1. The van der Waals surface area contributed by atoms with Gasteiger partial charge in [0, 0.05) is 43.5 Å². The Labute approximate surface area is 174 Å². The third-order valence-corrected chi connectivity index (χ3v) is 5.52. The molecule has 1 aromatic heterocycles. The van der Waals surface area contributed by atoms with E-state index in [1.807, 2.05) is 29.2 Å². The highest BCUT2D eigenvalue weighted by molar-refractivity contribution is 5.98. The lowest BCUT2D eigenvalue weighted by Crippen LogP contribution is -2.50. The first kappa shape index (κ1) is 19.9. The minimum Gasteiger partial charge on any atom is -0.497 e. The maximum absolute atomic E-state index is 13.4. The van der Waals surface area contributed by atoms with Gasteiger partial charge in [-0.05, 0) is 48.4 Å². The molecule has 1 N–H and O–H groups in total. The van der Waals surface area contributed by atoms with Crippen molar-refractivity contribution in [2.45, 2.75) is 12.8 Å².